The first-order valence-corrected chi connectivity index (χ1v) is 8.89. The molecule has 3 rings (SSSR count). The first-order chi connectivity index (χ1) is 11.6. The van der Waals surface area contributed by atoms with Gasteiger partial charge in [-0.25, -0.2) is 9.37 Å². The van der Waals surface area contributed by atoms with E-state index in [9.17, 15) is 14.8 Å². The summed E-state index contributed by atoms with van der Waals surface area (Å²) in [5, 5.41) is 20.1. The number of allylic oxidation sites excluding steroid dienone is 1. The molecular formula is C18H13FN2OS2. The molecule has 1 heterocycles. The maximum Gasteiger partial charge on any atom is 0.138 e. The molecule has 0 radical (unpaired) electrons. The van der Waals surface area contributed by atoms with Gasteiger partial charge in [0, 0.05) is 4.90 Å². The molecule has 0 aliphatic rings. The molecular weight excluding hydrogens is 343 g/mol. The van der Waals surface area contributed by atoms with Crippen molar-refractivity contribution in [3.05, 3.63) is 65.1 Å². The van der Waals surface area contributed by atoms with Crippen molar-refractivity contribution in [2.24, 2.45) is 0 Å². The molecule has 2 aromatic carbocycles. The van der Waals surface area contributed by atoms with Crippen molar-refractivity contribution in [2.75, 3.05) is 0 Å². The van der Waals surface area contributed by atoms with E-state index in [-0.39, 0.29) is 22.4 Å². The molecule has 120 valence electrons. The molecule has 0 aliphatic heterocycles. The SMILES string of the molecule is CC(Sc1ccc(F)cc1)/C(O)=C(\C#N)c1nc2ccccc2s1. The molecule has 24 heavy (non-hydrogen) atoms. The van der Waals surface area contributed by atoms with Crippen molar-refractivity contribution in [2.45, 2.75) is 17.1 Å². The van der Waals surface area contributed by atoms with Gasteiger partial charge in [0.1, 0.15) is 28.2 Å². The van der Waals surface area contributed by atoms with Gasteiger partial charge in [-0.2, -0.15) is 5.26 Å². The Hall–Kier alpha value is -2.36. The Morgan fingerprint density at radius 3 is 2.62 bits per heavy atom. The van der Waals surface area contributed by atoms with Crippen LogP contribution in [0.1, 0.15) is 11.9 Å². The van der Waals surface area contributed by atoms with Crippen molar-refractivity contribution in [3.63, 3.8) is 0 Å². The highest BCUT2D eigenvalue weighted by atomic mass is 32.2. The molecule has 0 aliphatic carbocycles. The number of hydrogen-bond donors (Lipinski definition) is 1. The normalized spacial score (nSPS) is 13.4. The van der Waals surface area contributed by atoms with Crippen LogP contribution in [0.25, 0.3) is 15.8 Å². The number of thiazole rings is 1. The second-order valence-electron chi connectivity index (χ2n) is 5.07. The highest BCUT2D eigenvalue weighted by Gasteiger charge is 2.19. The zero-order chi connectivity index (χ0) is 17.1. The van der Waals surface area contributed by atoms with Crippen LogP contribution in [0.5, 0.6) is 0 Å². The van der Waals surface area contributed by atoms with Crippen LogP contribution in [-0.2, 0) is 0 Å². The smallest absolute Gasteiger partial charge is 0.138 e. The van der Waals surface area contributed by atoms with E-state index in [1.165, 1.54) is 35.2 Å². The molecule has 0 bridgehead atoms. The summed E-state index contributed by atoms with van der Waals surface area (Å²) in [6.07, 6.45) is 0. The van der Waals surface area contributed by atoms with Crippen molar-refractivity contribution in [1.82, 2.24) is 4.98 Å². The quantitative estimate of drug-likeness (QED) is 0.386. The number of hydrogen-bond acceptors (Lipinski definition) is 5. The summed E-state index contributed by atoms with van der Waals surface area (Å²) in [6.45, 7) is 1.80. The van der Waals surface area contributed by atoms with Crippen LogP contribution in [0.15, 0.2) is 59.2 Å². The zero-order valence-corrected chi connectivity index (χ0v) is 14.4. The second kappa shape index (κ2) is 7.04. The van der Waals surface area contributed by atoms with Crippen LogP contribution in [0.3, 0.4) is 0 Å². The van der Waals surface area contributed by atoms with Gasteiger partial charge in [-0.05, 0) is 43.3 Å². The summed E-state index contributed by atoms with van der Waals surface area (Å²) in [7, 11) is 0. The Labute approximate surface area is 147 Å². The summed E-state index contributed by atoms with van der Waals surface area (Å²) in [5.74, 6) is -0.329. The van der Waals surface area contributed by atoms with E-state index in [1.54, 1.807) is 19.1 Å². The monoisotopic (exact) mass is 356 g/mol. The van der Waals surface area contributed by atoms with Gasteiger partial charge < -0.3 is 5.11 Å². The molecule has 1 unspecified atom stereocenters. The zero-order valence-electron chi connectivity index (χ0n) is 12.7. The first kappa shape index (κ1) is 16.5. The average Bonchev–Trinajstić information content (AvgIpc) is 3.01. The van der Waals surface area contributed by atoms with Gasteiger partial charge in [-0.3, -0.25) is 0 Å². The van der Waals surface area contributed by atoms with Gasteiger partial charge >= 0.3 is 0 Å². The van der Waals surface area contributed by atoms with Crippen LogP contribution in [0.4, 0.5) is 4.39 Å². The third-order valence-corrected chi connectivity index (χ3v) is 5.56. The minimum Gasteiger partial charge on any atom is -0.510 e. The number of halogens is 1. The summed E-state index contributed by atoms with van der Waals surface area (Å²) in [5.41, 5.74) is 0.982. The molecule has 0 spiro atoms. The van der Waals surface area contributed by atoms with Crippen LogP contribution in [-0.4, -0.2) is 15.3 Å². The van der Waals surface area contributed by atoms with Crippen molar-refractivity contribution < 1.29 is 9.50 Å². The Morgan fingerprint density at radius 2 is 1.96 bits per heavy atom. The van der Waals surface area contributed by atoms with Gasteiger partial charge in [0.05, 0.1) is 15.5 Å². The minimum absolute atomic E-state index is 0.0223. The number of nitriles is 1. The van der Waals surface area contributed by atoms with E-state index in [0.717, 1.165) is 15.1 Å². The molecule has 6 heteroatoms. The molecule has 1 atom stereocenters. The van der Waals surface area contributed by atoms with Crippen molar-refractivity contribution >= 4 is 38.9 Å². The highest BCUT2D eigenvalue weighted by molar-refractivity contribution is 8.00. The van der Waals surface area contributed by atoms with Crippen LogP contribution >= 0.6 is 23.1 Å². The van der Waals surface area contributed by atoms with E-state index in [0.29, 0.717) is 5.01 Å². The topological polar surface area (TPSA) is 56.9 Å². The number of rotatable bonds is 4. The summed E-state index contributed by atoms with van der Waals surface area (Å²) >= 11 is 2.73. The fourth-order valence-corrected chi connectivity index (χ4v) is 4.07. The predicted octanol–water partition coefficient (Wildman–Crippen LogP) is 5.41. The van der Waals surface area contributed by atoms with E-state index < -0.39 is 0 Å². The lowest BCUT2D eigenvalue weighted by molar-refractivity contribution is 0.402. The Kier molecular flexibility index (Phi) is 4.84. The van der Waals surface area contributed by atoms with Crippen molar-refractivity contribution in [3.8, 4) is 6.07 Å². The predicted molar refractivity (Wildman–Crippen MR) is 96.5 cm³/mol. The number of para-hydroxylation sites is 1. The first-order valence-electron chi connectivity index (χ1n) is 7.20. The molecule has 1 aromatic heterocycles. The lowest BCUT2D eigenvalue weighted by Gasteiger charge is -2.11. The van der Waals surface area contributed by atoms with Crippen LogP contribution in [0, 0.1) is 17.1 Å². The van der Waals surface area contributed by atoms with Crippen LogP contribution in [0.2, 0.25) is 0 Å². The largest absolute Gasteiger partial charge is 0.510 e. The second-order valence-corrected chi connectivity index (χ2v) is 7.52. The van der Waals surface area contributed by atoms with Crippen LogP contribution < -0.4 is 0 Å². The Bertz CT molecular complexity index is 909. The number of aromatic nitrogens is 1. The average molecular weight is 356 g/mol. The highest BCUT2D eigenvalue weighted by Crippen LogP contribution is 2.33. The van der Waals surface area contributed by atoms with Crippen molar-refractivity contribution in [1.29, 1.82) is 5.26 Å². The maximum absolute atomic E-state index is 13.0. The minimum atomic E-state index is -0.350. The number of aliphatic hydroxyl groups is 1. The summed E-state index contributed by atoms with van der Waals surface area (Å²) < 4.78 is 13.9. The summed E-state index contributed by atoms with van der Waals surface area (Å²) in [6, 6.07) is 15.7. The van der Waals surface area contributed by atoms with Gasteiger partial charge in [0.2, 0.25) is 0 Å². The Morgan fingerprint density at radius 1 is 1.25 bits per heavy atom. The fourth-order valence-electron chi connectivity index (χ4n) is 2.17. The standard InChI is InChI=1S/C18H13FN2OS2/c1-11(23-13-8-6-12(19)7-9-13)17(22)14(10-20)18-21-15-4-2-3-5-16(15)24-18/h2-9,11,22H,1H3/b17-14-. The van der Waals surface area contributed by atoms with Gasteiger partial charge in [0.15, 0.2) is 0 Å². The summed E-state index contributed by atoms with van der Waals surface area (Å²) in [4.78, 5) is 5.24. The third-order valence-electron chi connectivity index (χ3n) is 3.39. The fraction of sp³-hybridized carbons (Fsp3) is 0.111. The van der Waals surface area contributed by atoms with Gasteiger partial charge in [-0.15, -0.1) is 23.1 Å². The molecule has 3 nitrogen and oxygen atoms in total. The number of benzene rings is 2. The molecule has 0 saturated heterocycles. The molecule has 3 aromatic rings. The lowest BCUT2D eigenvalue weighted by atomic mass is 10.2. The Balaban J connectivity index is 1.91. The number of fused-ring (bicyclic) bond motifs is 1. The third kappa shape index (κ3) is 3.42. The molecule has 0 amide bonds. The molecule has 0 saturated carbocycles. The van der Waals surface area contributed by atoms with E-state index >= 15 is 0 Å². The van der Waals surface area contributed by atoms with E-state index in [4.69, 9.17) is 0 Å². The number of thioether (sulfide) groups is 1. The molecule has 1 N–H and O–H groups in total. The number of aliphatic hydroxyl groups excluding tert-OH is 1. The van der Waals surface area contributed by atoms with Gasteiger partial charge in [0.25, 0.3) is 0 Å². The van der Waals surface area contributed by atoms with E-state index in [2.05, 4.69) is 11.1 Å². The molecule has 0 fully saturated rings. The van der Waals surface area contributed by atoms with E-state index in [1.807, 2.05) is 24.3 Å². The maximum atomic E-state index is 13.0. The van der Waals surface area contributed by atoms with Gasteiger partial charge in [-0.1, -0.05) is 12.1 Å². The number of nitrogens with zero attached hydrogens (tertiary/aromatic N) is 2. The lowest BCUT2D eigenvalue weighted by Crippen LogP contribution is -2.03.